The number of methoxy groups -OCH3 is 1. The molecule has 2 heterocycles. The molecule has 0 atom stereocenters. The van der Waals surface area contributed by atoms with Crippen molar-refractivity contribution < 1.29 is 14.3 Å². The third-order valence-electron chi connectivity index (χ3n) is 3.83. The van der Waals surface area contributed by atoms with Crippen LogP contribution < -0.4 is 25.4 Å². The molecule has 10 heteroatoms. The summed E-state index contributed by atoms with van der Waals surface area (Å²) in [6, 6.07) is 5.39. The van der Waals surface area contributed by atoms with Gasteiger partial charge in [-0.2, -0.15) is 5.26 Å². The molecule has 0 bridgehead atoms. The number of anilines is 2. The first kappa shape index (κ1) is 22.9. The van der Waals surface area contributed by atoms with Crippen molar-refractivity contribution in [3.05, 3.63) is 50.5 Å². The van der Waals surface area contributed by atoms with Crippen LogP contribution in [0.4, 0.5) is 11.5 Å². The molecule has 0 aromatic carbocycles. The highest BCUT2D eigenvalue weighted by Gasteiger charge is 2.16. The lowest BCUT2D eigenvalue weighted by atomic mass is 10.3. The van der Waals surface area contributed by atoms with Gasteiger partial charge in [-0.15, -0.1) is 11.3 Å². The molecule has 0 unspecified atom stereocenters. The predicted octanol–water partition coefficient (Wildman–Crippen LogP) is 0.637. The molecule has 0 aliphatic heterocycles. The molecule has 0 radical (unpaired) electrons. The molecule has 0 saturated carbocycles. The van der Waals surface area contributed by atoms with Crippen LogP contribution in [0.15, 0.2) is 35.8 Å². The Morgan fingerprint density at radius 3 is 2.97 bits per heavy atom. The van der Waals surface area contributed by atoms with Gasteiger partial charge in [0.15, 0.2) is 5.57 Å². The van der Waals surface area contributed by atoms with Crippen LogP contribution in [-0.4, -0.2) is 42.4 Å². The number of esters is 1. The Kier molecular flexibility index (Phi) is 8.80. The van der Waals surface area contributed by atoms with Crippen LogP contribution in [0.1, 0.15) is 6.92 Å². The number of hydrogen-bond donors (Lipinski definition) is 2. The third-order valence-corrected chi connectivity index (χ3v) is 4.96. The summed E-state index contributed by atoms with van der Waals surface area (Å²) in [4.78, 5) is 29.1. The number of thiazole rings is 1. The monoisotopic (exact) mass is 429 g/mol. The molecule has 0 amide bonds. The second-order valence-electron chi connectivity index (χ2n) is 5.83. The topological polar surface area (TPSA) is 118 Å². The summed E-state index contributed by atoms with van der Waals surface area (Å²) in [6.07, 6.45) is 4.58. The van der Waals surface area contributed by atoms with E-state index < -0.39 is 5.97 Å². The first-order chi connectivity index (χ1) is 14.5. The fourth-order valence-electron chi connectivity index (χ4n) is 2.43. The number of hydrogen-bond acceptors (Lipinski definition) is 9. The van der Waals surface area contributed by atoms with Crippen molar-refractivity contribution in [3.63, 3.8) is 0 Å². The molecule has 9 nitrogen and oxygen atoms in total. The molecule has 0 saturated heterocycles. The largest absolute Gasteiger partial charge is 0.457 e. The molecule has 2 aromatic heterocycles. The third kappa shape index (κ3) is 5.79. The molecular weight excluding hydrogens is 406 g/mol. The van der Waals surface area contributed by atoms with Crippen molar-refractivity contribution in [2.45, 2.75) is 13.5 Å². The van der Waals surface area contributed by atoms with E-state index in [4.69, 9.17) is 9.47 Å². The molecule has 0 aliphatic carbocycles. The zero-order chi connectivity index (χ0) is 21.9. The van der Waals surface area contributed by atoms with E-state index in [9.17, 15) is 14.9 Å². The quantitative estimate of drug-likeness (QED) is 0.321. The lowest BCUT2D eigenvalue weighted by Gasteiger charge is -2.06. The van der Waals surface area contributed by atoms with Gasteiger partial charge in [-0.25, -0.2) is 9.78 Å². The molecule has 0 spiro atoms. The van der Waals surface area contributed by atoms with Gasteiger partial charge < -0.3 is 20.1 Å². The molecule has 2 N–H and O–H groups in total. The number of carbonyl (C=O) groups excluding carboxylic acids is 1. The van der Waals surface area contributed by atoms with E-state index in [2.05, 4.69) is 22.2 Å². The van der Waals surface area contributed by atoms with E-state index in [-0.39, 0.29) is 22.4 Å². The number of carbonyl (C=O) groups is 1. The maximum absolute atomic E-state index is 12.7. The number of nitrogens with one attached hydrogen (secondary N) is 2. The maximum atomic E-state index is 12.7. The Balaban J connectivity index is 2.39. The fourth-order valence-corrected chi connectivity index (χ4v) is 3.50. The number of pyridine rings is 1. The van der Waals surface area contributed by atoms with Gasteiger partial charge in [0.1, 0.15) is 27.7 Å². The van der Waals surface area contributed by atoms with Crippen molar-refractivity contribution in [1.29, 1.82) is 5.26 Å². The van der Waals surface area contributed by atoms with Gasteiger partial charge in [0.25, 0.3) is 5.56 Å². The van der Waals surface area contributed by atoms with E-state index in [0.29, 0.717) is 30.0 Å². The van der Waals surface area contributed by atoms with Crippen LogP contribution in [-0.2, 0) is 20.8 Å². The standard InChI is InChI=1S/C20H23N5O4S/c1-4-9-29-20(27)15(12-21)19-25(5-2)18(26)16(30-19)13-24-14-6-7-22-17(11-14)23-8-10-28-3/h4,6-7,11,13H,1,5,8-10H2,2-3H3,(H2,22,23,24). The number of aromatic nitrogens is 2. The van der Waals surface area contributed by atoms with Crippen molar-refractivity contribution in [2.75, 3.05) is 37.5 Å². The van der Waals surface area contributed by atoms with Crippen molar-refractivity contribution >= 4 is 40.6 Å². The molecule has 0 aliphatic rings. The number of rotatable bonds is 10. The first-order valence-corrected chi connectivity index (χ1v) is 9.95. The Labute approximate surface area is 177 Å². The van der Waals surface area contributed by atoms with Gasteiger partial charge in [-0.05, 0) is 13.0 Å². The van der Waals surface area contributed by atoms with Crippen LogP contribution in [0.2, 0.25) is 0 Å². The predicted molar refractivity (Wildman–Crippen MR) is 116 cm³/mol. The second-order valence-corrected chi connectivity index (χ2v) is 6.86. The zero-order valence-electron chi connectivity index (χ0n) is 16.8. The number of nitriles is 1. The second kappa shape index (κ2) is 11.5. The highest BCUT2D eigenvalue weighted by molar-refractivity contribution is 7.07. The minimum atomic E-state index is -0.790. The summed E-state index contributed by atoms with van der Waals surface area (Å²) < 4.78 is 11.9. The molecule has 2 aromatic rings. The van der Waals surface area contributed by atoms with Gasteiger partial charge in [0.2, 0.25) is 0 Å². The zero-order valence-corrected chi connectivity index (χ0v) is 17.6. The van der Waals surface area contributed by atoms with Crippen molar-refractivity contribution in [3.8, 4) is 6.07 Å². The average Bonchev–Trinajstić information content (AvgIpc) is 3.06. The number of ether oxygens (including phenoxy) is 2. The smallest absolute Gasteiger partial charge is 0.352 e. The first-order valence-electron chi connectivity index (χ1n) is 9.13. The average molecular weight is 430 g/mol. The molecule has 2 rings (SSSR count). The van der Waals surface area contributed by atoms with E-state index in [1.807, 2.05) is 6.07 Å². The van der Waals surface area contributed by atoms with Gasteiger partial charge >= 0.3 is 5.97 Å². The lowest BCUT2D eigenvalue weighted by Crippen LogP contribution is -2.32. The number of nitrogens with zero attached hydrogens (tertiary/aromatic N) is 3. The normalized spacial score (nSPS) is 12.1. The summed E-state index contributed by atoms with van der Waals surface area (Å²) in [5.41, 5.74) is 0.202. The van der Waals surface area contributed by atoms with E-state index >= 15 is 0 Å². The van der Waals surface area contributed by atoms with Crippen LogP contribution >= 0.6 is 11.3 Å². The summed E-state index contributed by atoms with van der Waals surface area (Å²) in [5.74, 6) is -0.130. The summed E-state index contributed by atoms with van der Waals surface area (Å²) in [5, 5.41) is 15.6. The van der Waals surface area contributed by atoms with Crippen molar-refractivity contribution in [2.24, 2.45) is 0 Å². The van der Waals surface area contributed by atoms with Crippen LogP contribution in [0, 0.1) is 11.3 Å². The minimum absolute atomic E-state index is 0.0188. The Bertz CT molecular complexity index is 1110. The van der Waals surface area contributed by atoms with E-state index in [0.717, 1.165) is 17.0 Å². The SMILES string of the molecule is C=CCOC(=O)C(C#N)=c1sc(=CNc2ccnc(NCCOC)c2)c(=O)n1CC. The Morgan fingerprint density at radius 1 is 1.50 bits per heavy atom. The van der Waals surface area contributed by atoms with Gasteiger partial charge in [-0.3, -0.25) is 9.36 Å². The van der Waals surface area contributed by atoms with Crippen molar-refractivity contribution in [1.82, 2.24) is 9.55 Å². The molecule has 158 valence electrons. The van der Waals surface area contributed by atoms with Gasteiger partial charge in [0, 0.05) is 44.3 Å². The summed E-state index contributed by atoms with van der Waals surface area (Å²) in [6.45, 7) is 6.68. The van der Waals surface area contributed by atoms with Gasteiger partial charge in [0.05, 0.1) is 6.61 Å². The fraction of sp³-hybridized carbons (Fsp3) is 0.300. The summed E-state index contributed by atoms with van der Waals surface area (Å²) >= 11 is 1.04. The van der Waals surface area contributed by atoms with Crippen LogP contribution in [0.5, 0.6) is 0 Å². The highest BCUT2D eigenvalue weighted by Crippen LogP contribution is 2.11. The van der Waals surface area contributed by atoms with E-state index in [1.165, 1.54) is 10.6 Å². The van der Waals surface area contributed by atoms with E-state index in [1.54, 1.807) is 38.6 Å². The maximum Gasteiger partial charge on any atom is 0.352 e. The molecule has 30 heavy (non-hydrogen) atoms. The van der Waals surface area contributed by atoms with Crippen LogP contribution in [0.3, 0.4) is 0 Å². The minimum Gasteiger partial charge on any atom is -0.457 e. The molecule has 0 fully saturated rings. The molecular formula is C20H23N5O4S. The van der Waals surface area contributed by atoms with Crippen LogP contribution in [0.25, 0.3) is 11.8 Å². The highest BCUT2D eigenvalue weighted by atomic mass is 32.1. The lowest BCUT2D eigenvalue weighted by molar-refractivity contribution is -0.135. The van der Waals surface area contributed by atoms with Gasteiger partial charge in [-0.1, -0.05) is 12.7 Å². The Hall–Kier alpha value is -3.42. The summed E-state index contributed by atoms with van der Waals surface area (Å²) in [7, 11) is 1.62. The Morgan fingerprint density at radius 2 is 2.30 bits per heavy atom.